The number of aliphatic hydroxyl groups is 1. The van der Waals surface area contributed by atoms with Crippen molar-refractivity contribution in [3.63, 3.8) is 0 Å². The highest BCUT2D eigenvalue weighted by Gasteiger charge is 2.32. The summed E-state index contributed by atoms with van der Waals surface area (Å²) in [5.74, 6) is -1.11. The molecule has 1 aromatic rings. The van der Waals surface area contributed by atoms with Gasteiger partial charge in [-0.1, -0.05) is 45.5 Å². The summed E-state index contributed by atoms with van der Waals surface area (Å²) in [6.45, 7) is 10.3. The molecule has 0 spiro atoms. The second kappa shape index (κ2) is 8.53. The number of hydrogen-bond donors (Lipinski definition) is 3. The van der Waals surface area contributed by atoms with Crippen LogP contribution in [0.15, 0.2) is 0 Å². The van der Waals surface area contributed by atoms with Crippen LogP contribution in [-0.2, 0) is 9.59 Å². The zero-order valence-electron chi connectivity index (χ0n) is 15.6. The summed E-state index contributed by atoms with van der Waals surface area (Å²) in [5, 5.41) is 15.6. The Morgan fingerprint density at radius 2 is 1.84 bits per heavy atom. The van der Waals surface area contributed by atoms with Crippen LogP contribution in [0.25, 0.3) is 0 Å². The molecule has 2 amide bonds. The van der Waals surface area contributed by atoms with Crippen molar-refractivity contribution in [3.8, 4) is 0 Å². The molecule has 0 fully saturated rings. The average molecular weight is 369 g/mol. The van der Waals surface area contributed by atoms with Gasteiger partial charge in [0.05, 0.1) is 10.6 Å². The van der Waals surface area contributed by atoms with Crippen molar-refractivity contribution in [1.82, 2.24) is 10.3 Å². The number of nitrogens with zero attached hydrogens (tertiary/aromatic N) is 1. The Labute approximate surface area is 152 Å². The number of thiazole rings is 1. The van der Waals surface area contributed by atoms with E-state index < -0.39 is 29.4 Å². The highest BCUT2D eigenvalue weighted by Crippen LogP contribution is 2.23. The van der Waals surface area contributed by atoms with Gasteiger partial charge in [0, 0.05) is 6.92 Å². The first-order valence-corrected chi connectivity index (χ1v) is 9.06. The largest absolute Gasteiger partial charge is 0.383 e. The predicted molar refractivity (Wildman–Crippen MR) is 97.8 cm³/mol. The number of aliphatic hydroxyl groups excluding tert-OH is 1. The summed E-state index contributed by atoms with van der Waals surface area (Å²) >= 11 is 1.11. The second-order valence-electron chi connectivity index (χ2n) is 7.10. The predicted octanol–water partition coefficient (Wildman–Crippen LogP) is 2.28. The Kier molecular flexibility index (Phi) is 7.25. The van der Waals surface area contributed by atoms with Crippen molar-refractivity contribution < 1.29 is 19.5 Å². The van der Waals surface area contributed by atoms with Crippen LogP contribution in [0, 0.1) is 12.3 Å². The van der Waals surface area contributed by atoms with Crippen molar-refractivity contribution in [2.75, 3.05) is 5.32 Å². The summed E-state index contributed by atoms with van der Waals surface area (Å²) in [7, 11) is 0. The summed E-state index contributed by atoms with van der Waals surface area (Å²) in [6.07, 6.45) is -0.108. The molecule has 25 heavy (non-hydrogen) atoms. The molecule has 0 saturated carbocycles. The van der Waals surface area contributed by atoms with Crippen molar-refractivity contribution in [2.45, 2.75) is 66.5 Å². The molecule has 2 unspecified atom stereocenters. The highest BCUT2D eigenvalue weighted by atomic mass is 32.1. The van der Waals surface area contributed by atoms with Gasteiger partial charge in [0.2, 0.25) is 11.8 Å². The van der Waals surface area contributed by atoms with E-state index in [1.807, 2.05) is 6.92 Å². The third kappa shape index (κ3) is 5.89. The van der Waals surface area contributed by atoms with Crippen molar-refractivity contribution in [2.24, 2.45) is 5.41 Å². The number of aromatic nitrogens is 1. The van der Waals surface area contributed by atoms with E-state index in [0.29, 0.717) is 28.5 Å². The quantitative estimate of drug-likeness (QED) is 0.639. The topological polar surface area (TPSA) is 108 Å². The Morgan fingerprint density at radius 3 is 2.28 bits per heavy atom. The van der Waals surface area contributed by atoms with E-state index in [2.05, 4.69) is 15.6 Å². The van der Waals surface area contributed by atoms with Gasteiger partial charge in [0.25, 0.3) is 0 Å². The molecule has 0 aliphatic rings. The minimum absolute atomic E-state index is 0.109. The van der Waals surface area contributed by atoms with Crippen LogP contribution in [0.4, 0.5) is 5.13 Å². The first-order valence-electron chi connectivity index (χ1n) is 8.25. The summed E-state index contributed by atoms with van der Waals surface area (Å²) < 4.78 is 0. The van der Waals surface area contributed by atoms with Gasteiger partial charge in [-0.3, -0.25) is 14.4 Å². The molecule has 2 atom stereocenters. The minimum atomic E-state index is -1.22. The van der Waals surface area contributed by atoms with Gasteiger partial charge in [0.1, 0.15) is 12.1 Å². The molecular formula is C17H27N3O4S. The number of ketones is 1. The van der Waals surface area contributed by atoms with E-state index in [1.165, 1.54) is 6.92 Å². The van der Waals surface area contributed by atoms with Crippen LogP contribution >= 0.6 is 11.3 Å². The van der Waals surface area contributed by atoms with E-state index in [1.54, 1.807) is 27.7 Å². The number of amides is 2. The van der Waals surface area contributed by atoms with E-state index in [4.69, 9.17) is 0 Å². The molecule has 3 N–H and O–H groups in total. The summed E-state index contributed by atoms with van der Waals surface area (Å²) in [4.78, 5) is 40.8. The fourth-order valence-electron chi connectivity index (χ4n) is 2.17. The van der Waals surface area contributed by atoms with E-state index in [9.17, 15) is 19.5 Å². The number of anilines is 1. The molecule has 0 aliphatic carbocycles. The lowest BCUT2D eigenvalue weighted by atomic mass is 9.88. The van der Waals surface area contributed by atoms with Crippen molar-refractivity contribution >= 4 is 34.1 Å². The standard InChI is InChI=1S/C17H27N3O4S/c1-7-8-11(19-15(24)13(22)17(4,5)6)14(23)20-16-18-9(2)12(25-16)10(3)21/h11,13,22H,7-8H2,1-6H3,(H,19,24)(H,18,20,23). The van der Waals surface area contributed by atoms with Crippen LogP contribution in [0.2, 0.25) is 0 Å². The monoisotopic (exact) mass is 369 g/mol. The number of carbonyl (C=O) groups is 3. The Morgan fingerprint density at radius 1 is 1.24 bits per heavy atom. The normalized spacial score (nSPS) is 13.9. The molecule has 140 valence electrons. The van der Waals surface area contributed by atoms with Crippen LogP contribution in [0.3, 0.4) is 0 Å². The maximum absolute atomic E-state index is 12.5. The van der Waals surface area contributed by atoms with Crippen LogP contribution in [0.5, 0.6) is 0 Å². The maximum Gasteiger partial charge on any atom is 0.250 e. The van der Waals surface area contributed by atoms with E-state index in [-0.39, 0.29) is 5.78 Å². The Hall–Kier alpha value is -1.80. The molecule has 1 heterocycles. The fraction of sp³-hybridized carbons (Fsp3) is 0.647. The van der Waals surface area contributed by atoms with E-state index in [0.717, 1.165) is 11.3 Å². The van der Waals surface area contributed by atoms with Crippen molar-refractivity contribution in [1.29, 1.82) is 0 Å². The maximum atomic E-state index is 12.5. The third-order valence-electron chi connectivity index (χ3n) is 3.63. The fourth-order valence-corrected chi connectivity index (χ4v) is 3.04. The zero-order valence-corrected chi connectivity index (χ0v) is 16.4. The van der Waals surface area contributed by atoms with Gasteiger partial charge in [-0.2, -0.15) is 0 Å². The highest BCUT2D eigenvalue weighted by molar-refractivity contribution is 7.17. The SMILES string of the molecule is CCCC(NC(=O)C(O)C(C)(C)C)C(=O)Nc1nc(C)c(C(C)=O)s1. The van der Waals surface area contributed by atoms with Gasteiger partial charge in [-0.25, -0.2) is 4.98 Å². The lowest BCUT2D eigenvalue weighted by molar-refractivity contribution is -0.137. The van der Waals surface area contributed by atoms with Gasteiger partial charge in [0.15, 0.2) is 10.9 Å². The molecule has 1 aromatic heterocycles. The van der Waals surface area contributed by atoms with Crippen LogP contribution < -0.4 is 10.6 Å². The van der Waals surface area contributed by atoms with Gasteiger partial charge < -0.3 is 15.7 Å². The molecule has 8 heteroatoms. The summed E-state index contributed by atoms with van der Waals surface area (Å²) in [5.41, 5.74) is -0.0628. The third-order valence-corrected chi connectivity index (χ3v) is 4.80. The molecule has 0 saturated heterocycles. The first kappa shape index (κ1) is 21.2. The van der Waals surface area contributed by atoms with Gasteiger partial charge in [-0.05, 0) is 18.8 Å². The second-order valence-corrected chi connectivity index (χ2v) is 8.10. The smallest absolute Gasteiger partial charge is 0.250 e. The summed E-state index contributed by atoms with van der Waals surface area (Å²) in [6, 6.07) is -0.778. The number of aryl methyl sites for hydroxylation is 1. The van der Waals surface area contributed by atoms with Crippen LogP contribution in [-0.4, -0.2) is 39.8 Å². The molecular weight excluding hydrogens is 342 g/mol. The molecule has 0 aliphatic heterocycles. The number of carbonyl (C=O) groups excluding carboxylic acids is 3. The molecule has 0 aromatic carbocycles. The Bertz CT molecular complexity index is 649. The molecule has 1 rings (SSSR count). The number of Topliss-reactive ketones (excluding diaryl/α,β-unsaturated/α-hetero) is 1. The lowest BCUT2D eigenvalue weighted by Gasteiger charge is -2.26. The first-order chi connectivity index (χ1) is 11.5. The number of nitrogens with one attached hydrogen (secondary N) is 2. The molecule has 7 nitrogen and oxygen atoms in total. The number of hydrogen-bond acceptors (Lipinski definition) is 6. The molecule has 0 bridgehead atoms. The van der Waals surface area contributed by atoms with Gasteiger partial charge >= 0.3 is 0 Å². The average Bonchev–Trinajstić information content (AvgIpc) is 2.85. The number of rotatable bonds is 7. The Balaban J connectivity index is 2.85. The van der Waals surface area contributed by atoms with Gasteiger partial charge in [-0.15, -0.1) is 0 Å². The zero-order chi connectivity index (χ0) is 19.4. The minimum Gasteiger partial charge on any atom is -0.383 e. The lowest BCUT2D eigenvalue weighted by Crippen LogP contribution is -2.50. The molecule has 0 radical (unpaired) electrons. The van der Waals surface area contributed by atoms with Crippen LogP contribution in [0.1, 0.15) is 62.8 Å². The van der Waals surface area contributed by atoms with Crippen molar-refractivity contribution in [3.05, 3.63) is 10.6 Å². The van der Waals surface area contributed by atoms with E-state index >= 15 is 0 Å².